The Morgan fingerprint density at radius 1 is 0.800 bits per heavy atom. The average Bonchev–Trinajstić information content (AvgIpc) is 2.30. The predicted octanol–water partition coefficient (Wildman–Crippen LogP) is 3.01. The first-order chi connectivity index (χ1) is 7.27. The minimum absolute atomic E-state index is 0.987. The van der Waals surface area contributed by atoms with Crippen molar-refractivity contribution in [1.82, 2.24) is 0 Å². The van der Waals surface area contributed by atoms with Crippen molar-refractivity contribution < 1.29 is 0 Å². The fraction of sp³-hybridized carbons (Fsp3) is 0.0769. The Morgan fingerprint density at radius 2 is 1.33 bits per heavy atom. The number of nitrogens with zero attached hydrogens (tertiary/aromatic N) is 1. The number of hydrazine groups is 1. The van der Waals surface area contributed by atoms with Gasteiger partial charge in [0.1, 0.15) is 0 Å². The maximum atomic E-state index is 6.00. The maximum Gasteiger partial charge on any atom is 0.0575 e. The molecule has 2 rings (SSSR count). The van der Waals surface area contributed by atoms with Gasteiger partial charge in [0, 0.05) is 0 Å². The number of benzene rings is 2. The van der Waals surface area contributed by atoms with E-state index < -0.39 is 0 Å². The van der Waals surface area contributed by atoms with Crippen LogP contribution in [0.15, 0.2) is 54.6 Å². The summed E-state index contributed by atoms with van der Waals surface area (Å²) in [5.74, 6) is 6.00. The Labute approximate surface area is 89.9 Å². The minimum Gasteiger partial charge on any atom is -0.280 e. The van der Waals surface area contributed by atoms with E-state index in [2.05, 4.69) is 19.1 Å². The van der Waals surface area contributed by atoms with Gasteiger partial charge in [0.2, 0.25) is 0 Å². The van der Waals surface area contributed by atoms with Crippen molar-refractivity contribution in [3.8, 4) is 0 Å². The van der Waals surface area contributed by atoms with Crippen LogP contribution < -0.4 is 10.9 Å². The lowest BCUT2D eigenvalue weighted by Crippen LogP contribution is -2.24. The van der Waals surface area contributed by atoms with Crippen molar-refractivity contribution in [3.05, 3.63) is 60.2 Å². The summed E-state index contributed by atoms with van der Waals surface area (Å²) in [4.78, 5) is 0. The molecule has 2 heteroatoms. The van der Waals surface area contributed by atoms with Crippen LogP contribution in [0.4, 0.5) is 11.4 Å². The molecule has 0 amide bonds. The van der Waals surface area contributed by atoms with Crippen molar-refractivity contribution in [2.24, 2.45) is 5.84 Å². The summed E-state index contributed by atoms with van der Waals surface area (Å²) in [6.45, 7) is 2.06. The van der Waals surface area contributed by atoms with Crippen LogP contribution in [0.25, 0.3) is 0 Å². The molecule has 2 aromatic carbocycles. The fourth-order valence-corrected chi connectivity index (χ4v) is 1.44. The highest BCUT2D eigenvalue weighted by molar-refractivity contribution is 5.61. The third kappa shape index (κ3) is 2.17. The zero-order chi connectivity index (χ0) is 10.7. The molecule has 2 N–H and O–H groups in total. The van der Waals surface area contributed by atoms with Crippen LogP contribution in [-0.4, -0.2) is 0 Å². The van der Waals surface area contributed by atoms with Gasteiger partial charge in [-0.2, -0.15) is 0 Å². The van der Waals surface area contributed by atoms with E-state index in [-0.39, 0.29) is 0 Å². The van der Waals surface area contributed by atoms with Gasteiger partial charge in [0.15, 0.2) is 0 Å². The van der Waals surface area contributed by atoms with Gasteiger partial charge in [-0.1, -0.05) is 35.9 Å². The lowest BCUT2D eigenvalue weighted by atomic mass is 10.2. The van der Waals surface area contributed by atoms with Gasteiger partial charge >= 0.3 is 0 Å². The highest BCUT2D eigenvalue weighted by atomic mass is 15.4. The third-order valence-corrected chi connectivity index (χ3v) is 2.35. The Balaban J connectivity index is 2.29. The molecule has 0 aliphatic rings. The molecular formula is C13H14N2. The maximum absolute atomic E-state index is 6.00. The molecule has 0 aliphatic heterocycles. The molecule has 76 valence electrons. The molecule has 0 unspecified atom stereocenters. The molecule has 0 spiro atoms. The summed E-state index contributed by atoms with van der Waals surface area (Å²) < 4.78 is 0. The number of aryl methyl sites for hydroxylation is 1. The summed E-state index contributed by atoms with van der Waals surface area (Å²) >= 11 is 0. The van der Waals surface area contributed by atoms with Gasteiger partial charge in [-0.25, -0.2) is 5.84 Å². The minimum atomic E-state index is 0.987. The zero-order valence-electron chi connectivity index (χ0n) is 8.72. The van der Waals surface area contributed by atoms with Crippen molar-refractivity contribution in [3.63, 3.8) is 0 Å². The van der Waals surface area contributed by atoms with Crippen molar-refractivity contribution in [2.75, 3.05) is 5.01 Å². The van der Waals surface area contributed by atoms with Gasteiger partial charge < -0.3 is 0 Å². The molecule has 15 heavy (non-hydrogen) atoms. The van der Waals surface area contributed by atoms with Crippen LogP contribution in [0.5, 0.6) is 0 Å². The molecule has 0 saturated carbocycles. The van der Waals surface area contributed by atoms with E-state index >= 15 is 0 Å². The molecule has 0 aliphatic carbocycles. The number of anilines is 2. The van der Waals surface area contributed by atoms with E-state index in [0.29, 0.717) is 0 Å². The summed E-state index contributed by atoms with van der Waals surface area (Å²) in [6.07, 6.45) is 0. The summed E-state index contributed by atoms with van der Waals surface area (Å²) in [5, 5.41) is 1.68. The molecule has 0 radical (unpaired) electrons. The molecule has 0 heterocycles. The quantitative estimate of drug-likeness (QED) is 0.593. The van der Waals surface area contributed by atoms with Crippen molar-refractivity contribution in [2.45, 2.75) is 6.92 Å². The number of hydrogen-bond acceptors (Lipinski definition) is 2. The zero-order valence-corrected chi connectivity index (χ0v) is 8.72. The number of nitrogens with two attached hydrogens (primary N) is 1. The van der Waals surface area contributed by atoms with Crippen LogP contribution in [-0.2, 0) is 0 Å². The largest absolute Gasteiger partial charge is 0.280 e. The number of rotatable bonds is 2. The Kier molecular flexibility index (Phi) is 2.70. The lowest BCUT2D eigenvalue weighted by Gasteiger charge is -2.18. The second-order valence-electron chi connectivity index (χ2n) is 3.54. The van der Waals surface area contributed by atoms with Gasteiger partial charge in [0.25, 0.3) is 0 Å². The normalized spacial score (nSPS) is 10.0. The topological polar surface area (TPSA) is 29.3 Å². The van der Waals surface area contributed by atoms with E-state index in [1.165, 1.54) is 5.56 Å². The monoisotopic (exact) mass is 198 g/mol. The fourth-order valence-electron chi connectivity index (χ4n) is 1.44. The van der Waals surface area contributed by atoms with E-state index in [9.17, 15) is 0 Å². The van der Waals surface area contributed by atoms with E-state index in [1.807, 2.05) is 42.5 Å². The standard InChI is InChI=1S/C13H14N2/c1-11-7-9-13(10-8-11)15(14)12-5-3-2-4-6-12/h2-10H,14H2,1H3. The first kappa shape index (κ1) is 9.74. The Bertz CT molecular complexity index is 420. The number of para-hydroxylation sites is 1. The molecule has 0 atom stereocenters. The molecule has 2 nitrogen and oxygen atoms in total. The summed E-state index contributed by atoms with van der Waals surface area (Å²) in [5.41, 5.74) is 3.22. The molecular weight excluding hydrogens is 184 g/mol. The molecule has 0 fully saturated rings. The van der Waals surface area contributed by atoms with Gasteiger partial charge in [-0.15, -0.1) is 0 Å². The average molecular weight is 198 g/mol. The second kappa shape index (κ2) is 4.15. The van der Waals surface area contributed by atoms with Gasteiger partial charge in [0.05, 0.1) is 11.4 Å². The van der Waals surface area contributed by atoms with Crippen LogP contribution >= 0.6 is 0 Å². The van der Waals surface area contributed by atoms with Crippen molar-refractivity contribution in [1.29, 1.82) is 0 Å². The van der Waals surface area contributed by atoms with Gasteiger partial charge in [-0.05, 0) is 31.2 Å². The predicted molar refractivity (Wildman–Crippen MR) is 63.9 cm³/mol. The Morgan fingerprint density at radius 3 is 1.93 bits per heavy atom. The molecule has 2 aromatic rings. The molecule has 0 bridgehead atoms. The van der Waals surface area contributed by atoms with Crippen LogP contribution in [0.1, 0.15) is 5.56 Å². The smallest absolute Gasteiger partial charge is 0.0575 e. The summed E-state index contributed by atoms with van der Waals surface area (Å²) in [7, 11) is 0. The lowest BCUT2D eigenvalue weighted by molar-refractivity contribution is 1.09. The van der Waals surface area contributed by atoms with Crippen LogP contribution in [0, 0.1) is 6.92 Å². The molecule has 0 saturated heterocycles. The molecule has 0 aromatic heterocycles. The first-order valence-corrected chi connectivity index (χ1v) is 4.94. The third-order valence-electron chi connectivity index (χ3n) is 2.35. The van der Waals surface area contributed by atoms with Gasteiger partial charge in [-0.3, -0.25) is 5.01 Å². The SMILES string of the molecule is Cc1ccc(N(N)c2ccccc2)cc1. The van der Waals surface area contributed by atoms with E-state index in [0.717, 1.165) is 11.4 Å². The van der Waals surface area contributed by atoms with E-state index in [1.54, 1.807) is 5.01 Å². The highest BCUT2D eigenvalue weighted by Gasteiger charge is 2.02. The van der Waals surface area contributed by atoms with Crippen molar-refractivity contribution >= 4 is 11.4 Å². The Hall–Kier alpha value is -1.80. The first-order valence-electron chi connectivity index (χ1n) is 4.94. The van der Waals surface area contributed by atoms with E-state index in [4.69, 9.17) is 5.84 Å². The van der Waals surface area contributed by atoms with Crippen LogP contribution in [0.3, 0.4) is 0 Å². The summed E-state index contributed by atoms with van der Waals surface area (Å²) in [6, 6.07) is 18.0. The number of hydrogen-bond donors (Lipinski definition) is 1. The second-order valence-corrected chi connectivity index (χ2v) is 3.54. The highest BCUT2D eigenvalue weighted by Crippen LogP contribution is 2.21. The van der Waals surface area contributed by atoms with Crippen LogP contribution in [0.2, 0.25) is 0 Å².